The Labute approximate surface area is 202 Å². The van der Waals surface area contributed by atoms with Gasteiger partial charge in [-0.05, 0) is 32.3 Å². The Morgan fingerprint density at radius 1 is 1.09 bits per heavy atom. The number of likely N-dealkylation sites (tertiary alicyclic amines) is 1. The maximum absolute atomic E-state index is 13.0. The molecule has 7 nitrogen and oxygen atoms in total. The zero-order valence-corrected chi connectivity index (χ0v) is 19.9. The number of halogens is 3. The number of alkyl halides is 3. The maximum Gasteiger partial charge on any atom is 0.434 e. The van der Waals surface area contributed by atoms with E-state index in [4.69, 9.17) is 4.74 Å². The second-order valence-corrected chi connectivity index (χ2v) is 10.3. The summed E-state index contributed by atoms with van der Waals surface area (Å²) in [6.07, 6.45) is -1.16. The summed E-state index contributed by atoms with van der Waals surface area (Å²) in [5.74, 6) is 0.164. The molecule has 1 aliphatic carbocycles. The van der Waals surface area contributed by atoms with Crippen molar-refractivity contribution in [2.24, 2.45) is 5.41 Å². The van der Waals surface area contributed by atoms with Gasteiger partial charge in [0.15, 0.2) is 5.69 Å². The zero-order chi connectivity index (χ0) is 24.8. The van der Waals surface area contributed by atoms with Crippen molar-refractivity contribution < 1.29 is 22.7 Å². The smallest absolute Gasteiger partial charge is 0.434 e. The molecule has 5 rings (SSSR count). The van der Waals surface area contributed by atoms with Gasteiger partial charge in [0.2, 0.25) is 0 Å². The standard InChI is InChI=1S/C25H30F3N5O2/c1-17-12-32(22-11-29-10-21(30-22)25(26,27)28)13-18(2)33(17)23(34)35-20-8-24(9-20)15-31(16-24)14-19-6-4-3-5-7-19/h3-7,10-11,17-18,20H,8-9,12-16H2,1-2H3/t17-,18+. The molecular formula is C25H30F3N5O2. The summed E-state index contributed by atoms with van der Waals surface area (Å²) in [5.41, 5.74) is 0.551. The van der Waals surface area contributed by atoms with E-state index in [0.29, 0.717) is 13.1 Å². The van der Waals surface area contributed by atoms with Gasteiger partial charge in [0.1, 0.15) is 11.9 Å². The molecule has 0 radical (unpaired) electrons. The molecule has 1 aromatic heterocycles. The molecule has 3 aliphatic rings. The van der Waals surface area contributed by atoms with Crippen molar-refractivity contribution in [2.75, 3.05) is 31.1 Å². The fourth-order valence-corrected chi connectivity index (χ4v) is 5.82. The lowest BCUT2D eigenvalue weighted by molar-refractivity contribution is -0.141. The van der Waals surface area contributed by atoms with Crippen molar-refractivity contribution in [1.82, 2.24) is 19.8 Å². The fourth-order valence-electron chi connectivity index (χ4n) is 5.82. The van der Waals surface area contributed by atoms with Gasteiger partial charge in [0.05, 0.1) is 24.5 Å². The predicted molar refractivity (Wildman–Crippen MR) is 124 cm³/mol. The number of hydrogen-bond donors (Lipinski definition) is 0. The number of benzene rings is 1. The van der Waals surface area contributed by atoms with E-state index in [9.17, 15) is 18.0 Å². The van der Waals surface area contributed by atoms with Crippen molar-refractivity contribution in [3.8, 4) is 0 Å². The van der Waals surface area contributed by atoms with Crippen LogP contribution in [0.1, 0.15) is 37.9 Å². The Bertz CT molecular complexity index is 1040. The number of hydrogen-bond acceptors (Lipinski definition) is 6. The van der Waals surface area contributed by atoms with Gasteiger partial charge in [0.25, 0.3) is 0 Å². The number of anilines is 1. The Kier molecular flexibility index (Phi) is 6.11. The Morgan fingerprint density at radius 2 is 1.74 bits per heavy atom. The molecular weight excluding hydrogens is 459 g/mol. The third kappa shape index (κ3) is 4.94. The molecule has 2 aromatic rings. The summed E-state index contributed by atoms with van der Waals surface area (Å²) >= 11 is 0. The monoisotopic (exact) mass is 489 g/mol. The fraction of sp³-hybridized carbons (Fsp3) is 0.560. The van der Waals surface area contributed by atoms with Crippen LogP contribution in [0.2, 0.25) is 0 Å². The van der Waals surface area contributed by atoms with Crippen LogP contribution >= 0.6 is 0 Å². The van der Waals surface area contributed by atoms with Crippen LogP contribution in [0.4, 0.5) is 23.8 Å². The summed E-state index contributed by atoms with van der Waals surface area (Å²) in [5, 5.41) is 0. The number of carbonyl (C=O) groups is 1. The molecule has 188 valence electrons. The summed E-state index contributed by atoms with van der Waals surface area (Å²) in [4.78, 5) is 26.3. The molecule has 10 heteroatoms. The quantitative estimate of drug-likeness (QED) is 0.642. The molecule has 1 amide bonds. The average Bonchev–Trinajstić information content (AvgIpc) is 2.76. The first-order valence-electron chi connectivity index (χ1n) is 12.0. The lowest BCUT2D eigenvalue weighted by atomic mass is 9.61. The number of amides is 1. The van der Waals surface area contributed by atoms with Crippen LogP contribution in [0, 0.1) is 5.41 Å². The Hall–Kier alpha value is -2.88. The van der Waals surface area contributed by atoms with E-state index in [1.807, 2.05) is 19.9 Å². The molecule has 3 heterocycles. The molecule has 0 unspecified atom stereocenters. The summed E-state index contributed by atoms with van der Waals surface area (Å²) < 4.78 is 44.9. The van der Waals surface area contributed by atoms with E-state index < -0.39 is 11.9 Å². The van der Waals surface area contributed by atoms with Gasteiger partial charge in [-0.25, -0.2) is 9.78 Å². The van der Waals surface area contributed by atoms with Crippen LogP contribution in [0.3, 0.4) is 0 Å². The summed E-state index contributed by atoms with van der Waals surface area (Å²) in [6, 6.07) is 9.93. The number of piperazine rings is 1. The average molecular weight is 490 g/mol. The molecule has 35 heavy (non-hydrogen) atoms. The highest BCUT2D eigenvalue weighted by Gasteiger charge is 2.54. The van der Waals surface area contributed by atoms with Gasteiger partial charge in [-0.1, -0.05) is 30.3 Å². The van der Waals surface area contributed by atoms with Crippen LogP contribution < -0.4 is 4.90 Å². The predicted octanol–water partition coefficient (Wildman–Crippen LogP) is 4.20. The highest BCUT2D eigenvalue weighted by molar-refractivity contribution is 5.69. The van der Waals surface area contributed by atoms with E-state index in [-0.39, 0.29) is 35.5 Å². The molecule has 1 aromatic carbocycles. The molecule has 2 saturated heterocycles. The second-order valence-electron chi connectivity index (χ2n) is 10.3. The molecule has 2 aliphatic heterocycles. The normalized spacial score (nSPS) is 24.7. The van der Waals surface area contributed by atoms with Crippen LogP contribution in [-0.4, -0.2) is 70.2 Å². The van der Waals surface area contributed by atoms with Gasteiger partial charge in [0, 0.05) is 38.1 Å². The molecule has 1 saturated carbocycles. The minimum Gasteiger partial charge on any atom is -0.446 e. The van der Waals surface area contributed by atoms with E-state index in [2.05, 4.69) is 39.1 Å². The largest absolute Gasteiger partial charge is 0.446 e. The van der Waals surface area contributed by atoms with Gasteiger partial charge >= 0.3 is 12.3 Å². The molecule has 3 fully saturated rings. The van der Waals surface area contributed by atoms with Crippen molar-refractivity contribution >= 4 is 11.9 Å². The van der Waals surface area contributed by atoms with E-state index in [1.54, 1.807) is 9.80 Å². The molecule has 2 atom stereocenters. The maximum atomic E-state index is 13.0. The molecule has 0 bridgehead atoms. The lowest BCUT2D eigenvalue weighted by Crippen LogP contribution is -2.65. The van der Waals surface area contributed by atoms with E-state index in [1.165, 1.54) is 11.8 Å². The first-order valence-corrected chi connectivity index (χ1v) is 12.0. The van der Waals surface area contributed by atoms with Crippen LogP contribution in [-0.2, 0) is 17.5 Å². The Balaban J connectivity index is 1.11. The first kappa shape index (κ1) is 23.8. The van der Waals surface area contributed by atoms with Crippen molar-refractivity contribution in [3.05, 3.63) is 54.0 Å². The number of aromatic nitrogens is 2. The van der Waals surface area contributed by atoms with Gasteiger partial charge < -0.3 is 9.64 Å². The Morgan fingerprint density at radius 3 is 2.37 bits per heavy atom. The second kappa shape index (κ2) is 8.96. The van der Waals surface area contributed by atoms with Crippen molar-refractivity contribution in [1.29, 1.82) is 0 Å². The van der Waals surface area contributed by atoms with Gasteiger partial charge in [-0.3, -0.25) is 14.8 Å². The first-order chi connectivity index (χ1) is 16.6. The van der Waals surface area contributed by atoms with Crippen LogP contribution in [0.25, 0.3) is 0 Å². The van der Waals surface area contributed by atoms with E-state index >= 15 is 0 Å². The highest BCUT2D eigenvalue weighted by atomic mass is 19.4. The number of ether oxygens (including phenoxy) is 1. The topological polar surface area (TPSA) is 61.8 Å². The number of carbonyl (C=O) groups excluding carboxylic acids is 1. The third-order valence-corrected chi connectivity index (χ3v) is 7.32. The third-order valence-electron chi connectivity index (χ3n) is 7.32. The van der Waals surface area contributed by atoms with Gasteiger partial charge in [-0.15, -0.1) is 0 Å². The number of nitrogens with zero attached hydrogens (tertiary/aromatic N) is 5. The van der Waals surface area contributed by atoms with Crippen LogP contribution in [0.5, 0.6) is 0 Å². The number of rotatable bonds is 4. The zero-order valence-electron chi connectivity index (χ0n) is 19.9. The minimum absolute atomic E-state index is 0.0758. The van der Waals surface area contributed by atoms with Crippen molar-refractivity contribution in [3.63, 3.8) is 0 Å². The highest BCUT2D eigenvalue weighted by Crippen LogP contribution is 2.50. The van der Waals surface area contributed by atoms with E-state index in [0.717, 1.165) is 38.7 Å². The van der Waals surface area contributed by atoms with Crippen molar-refractivity contribution in [2.45, 2.75) is 57.6 Å². The summed E-state index contributed by atoms with van der Waals surface area (Å²) in [6.45, 7) is 7.47. The summed E-state index contributed by atoms with van der Waals surface area (Å²) in [7, 11) is 0. The van der Waals surface area contributed by atoms with Crippen LogP contribution in [0.15, 0.2) is 42.7 Å². The molecule has 0 N–H and O–H groups in total. The minimum atomic E-state index is -4.55. The SMILES string of the molecule is C[C@@H]1CN(c2cncc(C(F)(F)F)n2)C[C@H](C)N1C(=O)OC1CC2(C1)CN(Cc1ccccc1)C2. The lowest BCUT2D eigenvalue weighted by Gasteiger charge is -2.58. The molecule has 1 spiro atoms. The van der Waals surface area contributed by atoms with Gasteiger partial charge in [-0.2, -0.15) is 13.2 Å².